The Morgan fingerprint density at radius 1 is 1.50 bits per heavy atom. The molecule has 0 bridgehead atoms. The monoisotopic (exact) mass is 245 g/mol. The van der Waals surface area contributed by atoms with Gasteiger partial charge in [-0.3, -0.25) is 4.90 Å². The third-order valence-corrected chi connectivity index (χ3v) is 3.25. The molecular weight excluding hydrogens is 226 g/mol. The third-order valence-electron chi connectivity index (χ3n) is 3.25. The van der Waals surface area contributed by atoms with E-state index >= 15 is 0 Å². The van der Waals surface area contributed by atoms with Gasteiger partial charge in [0.2, 0.25) is 0 Å². The standard InChI is InChI=1S/C11H19N3O.ClH/c1-8-11(9(2)15-13-8)7-14(3)10-4-5-12-6-10;/h10,12H,4-7H2,1-3H3;1H. The van der Waals surface area contributed by atoms with E-state index in [9.17, 15) is 0 Å². The lowest BCUT2D eigenvalue weighted by molar-refractivity contribution is 0.247. The normalized spacial score (nSPS) is 20.1. The smallest absolute Gasteiger partial charge is 0.138 e. The second-order valence-corrected chi connectivity index (χ2v) is 4.36. The van der Waals surface area contributed by atoms with Crippen LogP contribution in [0, 0.1) is 13.8 Å². The van der Waals surface area contributed by atoms with Crippen molar-refractivity contribution in [3.63, 3.8) is 0 Å². The SMILES string of the molecule is Cc1noc(C)c1CN(C)C1CCNC1.Cl. The molecule has 1 saturated heterocycles. The topological polar surface area (TPSA) is 41.3 Å². The van der Waals surface area contributed by atoms with Crippen molar-refractivity contribution in [3.05, 3.63) is 17.0 Å². The Morgan fingerprint density at radius 3 is 2.75 bits per heavy atom. The number of aromatic nitrogens is 1. The molecule has 5 heteroatoms. The second-order valence-electron chi connectivity index (χ2n) is 4.36. The minimum absolute atomic E-state index is 0. The maximum atomic E-state index is 5.17. The molecule has 4 nitrogen and oxygen atoms in total. The maximum Gasteiger partial charge on any atom is 0.138 e. The number of halogens is 1. The first-order chi connectivity index (χ1) is 7.18. The van der Waals surface area contributed by atoms with E-state index < -0.39 is 0 Å². The highest BCUT2D eigenvalue weighted by Crippen LogP contribution is 2.17. The van der Waals surface area contributed by atoms with Gasteiger partial charge in [0.1, 0.15) is 5.76 Å². The molecule has 0 spiro atoms. The summed E-state index contributed by atoms with van der Waals surface area (Å²) < 4.78 is 5.17. The molecule has 1 fully saturated rings. The Labute approximate surface area is 103 Å². The number of rotatable bonds is 3. The zero-order valence-corrected chi connectivity index (χ0v) is 10.9. The Kier molecular flexibility index (Phi) is 4.77. The maximum absolute atomic E-state index is 5.17. The van der Waals surface area contributed by atoms with Crippen LogP contribution >= 0.6 is 12.4 Å². The van der Waals surface area contributed by atoms with E-state index in [1.54, 1.807) is 0 Å². The van der Waals surface area contributed by atoms with E-state index in [1.165, 1.54) is 12.0 Å². The molecule has 1 aromatic rings. The van der Waals surface area contributed by atoms with Gasteiger partial charge in [-0.2, -0.15) is 0 Å². The summed E-state index contributed by atoms with van der Waals surface area (Å²) >= 11 is 0. The molecule has 1 aliphatic heterocycles. The number of nitrogens with one attached hydrogen (secondary N) is 1. The van der Waals surface area contributed by atoms with Crippen molar-refractivity contribution >= 4 is 12.4 Å². The highest BCUT2D eigenvalue weighted by molar-refractivity contribution is 5.85. The van der Waals surface area contributed by atoms with Gasteiger partial charge in [-0.1, -0.05) is 5.16 Å². The quantitative estimate of drug-likeness (QED) is 0.877. The zero-order chi connectivity index (χ0) is 10.8. The van der Waals surface area contributed by atoms with E-state index in [2.05, 4.69) is 22.4 Å². The zero-order valence-electron chi connectivity index (χ0n) is 10.1. The van der Waals surface area contributed by atoms with Crippen molar-refractivity contribution in [2.24, 2.45) is 0 Å². The van der Waals surface area contributed by atoms with Gasteiger partial charge in [-0.15, -0.1) is 12.4 Å². The fourth-order valence-corrected chi connectivity index (χ4v) is 2.12. The molecule has 0 saturated carbocycles. The molecule has 16 heavy (non-hydrogen) atoms. The average Bonchev–Trinajstić information content (AvgIpc) is 2.82. The van der Waals surface area contributed by atoms with Crippen molar-refractivity contribution < 1.29 is 4.52 Å². The van der Waals surface area contributed by atoms with Crippen LogP contribution in [-0.4, -0.2) is 36.2 Å². The number of aryl methyl sites for hydroxylation is 2. The van der Waals surface area contributed by atoms with Crippen LogP contribution in [0.5, 0.6) is 0 Å². The van der Waals surface area contributed by atoms with Crippen molar-refractivity contribution in [2.45, 2.75) is 32.9 Å². The fourth-order valence-electron chi connectivity index (χ4n) is 2.12. The average molecular weight is 246 g/mol. The van der Waals surface area contributed by atoms with Crippen LogP contribution in [0.3, 0.4) is 0 Å². The Bertz CT molecular complexity index is 314. The molecule has 0 radical (unpaired) electrons. The summed E-state index contributed by atoms with van der Waals surface area (Å²) in [6.45, 7) is 7.16. The number of nitrogens with zero attached hydrogens (tertiary/aromatic N) is 2. The van der Waals surface area contributed by atoms with Gasteiger partial charge in [0, 0.05) is 24.7 Å². The molecule has 1 unspecified atom stereocenters. The van der Waals surface area contributed by atoms with Crippen molar-refractivity contribution in [1.29, 1.82) is 0 Å². The van der Waals surface area contributed by atoms with Crippen molar-refractivity contribution in [1.82, 2.24) is 15.4 Å². The summed E-state index contributed by atoms with van der Waals surface area (Å²) in [6, 6.07) is 0.652. The fraction of sp³-hybridized carbons (Fsp3) is 0.727. The molecule has 1 atom stereocenters. The largest absolute Gasteiger partial charge is 0.361 e. The van der Waals surface area contributed by atoms with Crippen LogP contribution in [0.25, 0.3) is 0 Å². The lowest BCUT2D eigenvalue weighted by Gasteiger charge is -2.23. The minimum atomic E-state index is 0. The summed E-state index contributed by atoms with van der Waals surface area (Å²) in [7, 11) is 2.17. The molecule has 1 aliphatic rings. The van der Waals surface area contributed by atoms with Crippen LogP contribution in [-0.2, 0) is 6.54 Å². The van der Waals surface area contributed by atoms with E-state index in [1.807, 2.05) is 13.8 Å². The predicted molar refractivity (Wildman–Crippen MR) is 66.0 cm³/mol. The summed E-state index contributed by atoms with van der Waals surface area (Å²) in [5.41, 5.74) is 2.26. The van der Waals surface area contributed by atoms with Gasteiger partial charge in [0.25, 0.3) is 0 Å². The summed E-state index contributed by atoms with van der Waals surface area (Å²) in [5.74, 6) is 0.949. The molecular formula is C11H20ClN3O. The minimum Gasteiger partial charge on any atom is -0.361 e. The molecule has 2 heterocycles. The van der Waals surface area contributed by atoms with E-state index in [0.29, 0.717) is 6.04 Å². The first-order valence-corrected chi connectivity index (χ1v) is 5.51. The summed E-state index contributed by atoms with van der Waals surface area (Å²) in [5, 5.41) is 7.36. The molecule has 0 aliphatic carbocycles. The number of hydrogen-bond donors (Lipinski definition) is 1. The van der Waals surface area contributed by atoms with Gasteiger partial charge in [0.15, 0.2) is 0 Å². The van der Waals surface area contributed by atoms with Gasteiger partial charge >= 0.3 is 0 Å². The van der Waals surface area contributed by atoms with Crippen LogP contribution in [0.15, 0.2) is 4.52 Å². The van der Waals surface area contributed by atoms with Crippen LogP contribution < -0.4 is 5.32 Å². The summed E-state index contributed by atoms with van der Waals surface area (Å²) in [4.78, 5) is 2.38. The molecule has 1 N–H and O–H groups in total. The Morgan fingerprint density at radius 2 is 2.25 bits per heavy atom. The first kappa shape index (κ1) is 13.5. The van der Waals surface area contributed by atoms with Gasteiger partial charge in [-0.05, 0) is 33.9 Å². The van der Waals surface area contributed by atoms with Crippen molar-refractivity contribution in [3.8, 4) is 0 Å². The van der Waals surface area contributed by atoms with Gasteiger partial charge in [-0.25, -0.2) is 0 Å². The number of likely N-dealkylation sites (N-methyl/N-ethyl adjacent to an activating group) is 1. The Balaban J connectivity index is 0.00000128. The number of hydrogen-bond acceptors (Lipinski definition) is 4. The highest BCUT2D eigenvalue weighted by atomic mass is 35.5. The highest BCUT2D eigenvalue weighted by Gasteiger charge is 2.21. The van der Waals surface area contributed by atoms with Crippen LogP contribution in [0.4, 0.5) is 0 Å². The molecule has 0 aromatic carbocycles. The molecule has 1 aromatic heterocycles. The molecule has 0 amide bonds. The van der Waals surface area contributed by atoms with Gasteiger partial charge in [0.05, 0.1) is 5.69 Å². The first-order valence-electron chi connectivity index (χ1n) is 5.51. The lowest BCUT2D eigenvalue weighted by Crippen LogP contribution is -2.33. The van der Waals surface area contributed by atoms with E-state index in [0.717, 1.165) is 31.1 Å². The van der Waals surface area contributed by atoms with E-state index in [4.69, 9.17) is 4.52 Å². The lowest BCUT2D eigenvalue weighted by atomic mass is 10.1. The van der Waals surface area contributed by atoms with E-state index in [-0.39, 0.29) is 12.4 Å². The second kappa shape index (κ2) is 5.66. The Hall–Kier alpha value is -0.580. The molecule has 92 valence electrons. The van der Waals surface area contributed by atoms with Crippen molar-refractivity contribution in [2.75, 3.05) is 20.1 Å². The third kappa shape index (κ3) is 2.75. The predicted octanol–water partition coefficient (Wildman–Crippen LogP) is 1.51. The summed E-state index contributed by atoms with van der Waals surface area (Å²) in [6.07, 6.45) is 1.24. The molecule has 2 rings (SSSR count). The van der Waals surface area contributed by atoms with Crippen LogP contribution in [0.1, 0.15) is 23.4 Å². The van der Waals surface area contributed by atoms with Gasteiger partial charge < -0.3 is 9.84 Å². The van der Waals surface area contributed by atoms with Crippen LogP contribution in [0.2, 0.25) is 0 Å².